The van der Waals surface area contributed by atoms with Gasteiger partial charge in [0.25, 0.3) is 0 Å². The number of unbranched alkanes of at least 4 members (excludes halogenated alkanes) is 36. The maximum atomic E-state index is 12.0. The summed E-state index contributed by atoms with van der Waals surface area (Å²) in [6.07, 6.45) is 55.0. The molecule has 0 aliphatic rings. The molecule has 0 unspecified atom stereocenters. The first-order valence-electron chi connectivity index (χ1n) is 31.9. The molecule has 0 saturated carbocycles. The van der Waals surface area contributed by atoms with E-state index in [4.69, 9.17) is 0 Å². The Bertz CT molecular complexity index is 2160. The molecule has 0 aromatic heterocycles. The van der Waals surface area contributed by atoms with Crippen LogP contribution in [0.2, 0.25) is 0 Å². The van der Waals surface area contributed by atoms with Crippen LogP contribution in [0.25, 0.3) is 21.5 Å². The summed E-state index contributed by atoms with van der Waals surface area (Å²) in [4.78, 5) is -0.134. The molecule has 0 aliphatic carbocycles. The summed E-state index contributed by atoms with van der Waals surface area (Å²) in [7, 11) is -8.96. The smallest absolute Gasteiger partial charge is 0.744 e. The maximum absolute atomic E-state index is 12.0. The molecule has 0 saturated heterocycles. The predicted molar refractivity (Wildman–Crippen MR) is 332 cm³/mol. The van der Waals surface area contributed by atoms with Gasteiger partial charge in [-0.1, -0.05) is 295 Å². The number of hydrogen-bond acceptors (Lipinski definition) is 6. The van der Waals surface area contributed by atoms with E-state index < -0.39 is 20.2 Å². The van der Waals surface area contributed by atoms with Crippen molar-refractivity contribution in [2.45, 2.75) is 320 Å². The van der Waals surface area contributed by atoms with Crippen molar-refractivity contribution in [2.24, 2.45) is 0 Å². The van der Waals surface area contributed by atoms with E-state index in [0.717, 1.165) is 96.9 Å². The van der Waals surface area contributed by atoms with Crippen molar-refractivity contribution in [2.75, 3.05) is 0 Å². The Balaban J connectivity index is 0.000000520. The minimum absolute atomic E-state index is 0. The minimum Gasteiger partial charge on any atom is -0.744 e. The minimum atomic E-state index is -4.48. The van der Waals surface area contributed by atoms with Crippen molar-refractivity contribution in [3.8, 4) is 0 Å². The SMILES string of the molecule is CCCCCCCCCCCCc1cc(S(=O)(=O)[O-])cc2c(CCCCCCCCCCCC)cccc12.CCCCCCCCCCCCc1cc(S(=O)(=O)[O-])cc2c(CCCCCCCCCCCC)cccc12.[Ca+2]. The zero-order chi connectivity index (χ0) is 55.0. The summed E-state index contributed by atoms with van der Waals surface area (Å²) in [5.74, 6) is 0. The van der Waals surface area contributed by atoms with Gasteiger partial charge in [0, 0.05) is 0 Å². The molecule has 4 rings (SSSR count). The Morgan fingerprint density at radius 1 is 0.273 bits per heavy atom. The van der Waals surface area contributed by atoms with Gasteiger partial charge in [-0.3, -0.25) is 0 Å². The van der Waals surface area contributed by atoms with Gasteiger partial charge in [-0.25, -0.2) is 16.8 Å². The number of rotatable bonds is 46. The maximum Gasteiger partial charge on any atom is 2.00 e. The summed E-state index contributed by atoms with van der Waals surface area (Å²) in [5, 5.41) is 4.17. The van der Waals surface area contributed by atoms with E-state index in [0.29, 0.717) is 0 Å². The van der Waals surface area contributed by atoms with Crippen molar-refractivity contribution in [1.29, 1.82) is 0 Å². The molecule has 0 bridgehead atoms. The van der Waals surface area contributed by atoms with Crippen LogP contribution < -0.4 is 0 Å². The molecule has 0 N–H and O–H groups in total. The molecule has 0 aliphatic heterocycles. The fourth-order valence-corrected chi connectivity index (χ4v) is 12.4. The molecule has 9 heteroatoms. The van der Waals surface area contributed by atoms with Crippen molar-refractivity contribution < 1.29 is 25.9 Å². The molecule has 0 amide bonds. The zero-order valence-corrected chi connectivity index (χ0v) is 53.7. The second-order valence-electron chi connectivity index (χ2n) is 22.8. The van der Waals surface area contributed by atoms with Crippen molar-refractivity contribution in [1.82, 2.24) is 0 Å². The average Bonchev–Trinajstić information content (AvgIpc) is 3.40. The van der Waals surface area contributed by atoms with Gasteiger partial charge in [0.1, 0.15) is 20.2 Å². The molecule has 0 spiro atoms. The van der Waals surface area contributed by atoms with E-state index in [-0.39, 0.29) is 47.5 Å². The van der Waals surface area contributed by atoms with Crippen LogP contribution in [-0.4, -0.2) is 63.7 Å². The topological polar surface area (TPSA) is 114 Å². The Kier molecular flexibility index (Phi) is 41.9. The van der Waals surface area contributed by atoms with E-state index in [1.807, 2.05) is 0 Å². The summed E-state index contributed by atoms with van der Waals surface area (Å²) in [6, 6.07) is 19.2. The second kappa shape index (κ2) is 45.1. The number of fused-ring (bicyclic) bond motifs is 2. The first kappa shape index (κ1) is 71.6. The van der Waals surface area contributed by atoms with Gasteiger partial charge in [-0.05, 0) is 119 Å². The largest absolute Gasteiger partial charge is 2.00 e. The third-order valence-corrected chi connectivity index (χ3v) is 17.7. The van der Waals surface area contributed by atoms with Crippen LogP contribution in [0.15, 0.2) is 70.5 Å². The molecule has 77 heavy (non-hydrogen) atoms. The average molecular weight is 1130 g/mol. The monoisotopic (exact) mass is 1130 g/mol. The summed E-state index contributed by atoms with van der Waals surface area (Å²) >= 11 is 0. The first-order valence-corrected chi connectivity index (χ1v) is 34.8. The number of benzene rings is 4. The van der Waals surface area contributed by atoms with Crippen LogP contribution in [0, 0.1) is 0 Å². The van der Waals surface area contributed by atoms with Crippen molar-refractivity contribution in [3.63, 3.8) is 0 Å². The summed E-state index contributed by atoms with van der Waals surface area (Å²) < 4.78 is 71.8. The number of hydrogen-bond donors (Lipinski definition) is 0. The zero-order valence-electron chi connectivity index (χ0n) is 49.9. The molecule has 432 valence electrons. The molecule has 0 fully saturated rings. The van der Waals surface area contributed by atoms with E-state index >= 15 is 0 Å². The molecule has 4 aromatic carbocycles. The van der Waals surface area contributed by atoms with Crippen molar-refractivity contribution >= 4 is 79.5 Å². The molecule has 0 atom stereocenters. The molecule has 4 aromatic rings. The van der Waals surface area contributed by atoms with E-state index in [9.17, 15) is 25.9 Å². The third-order valence-electron chi connectivity index (χ3n) is 16.1. The quantitative estimate of drug-likeness (QED) is 0.0247. The summed E-state index contributed by atoms with van der Waals surface area (Å²) in [6.45, 7) is 9.03. The van der Waals surface area contributed by atoms with Gasteiger partial charge in [0.05, 0.1) is 9.79 Å². The van der Waals surface area contributed by atoms with Gasteiger partial charge in [-0.15, -0.1) is 0 Å². The van der Waals surface area contributed by atoms with Crippen LogP contribution in [-0.2, 0) is 45.9 Å². The van der Waals surface area contributed by atoms with Gasteiger partial charge in [-0.2, -0.15) is 0 Å². The van der Waals surface area contributed by atoms with E-state index in [1.54, 1.807) is 24.3 Å². The summed E-state index contributed by atoms with van der Waals surface area (Å²) in [5.41, 5.74) is 4.39. The Morgan fingerprint density at radius 2 is 0.481 bits per heavy atom. The predicted octanol–water partition coefficient (Wildman–Crippen LogP) is 21.0. The van der Waals surface area contributed by atoms with Crippen LogP contribution in [0.1, 0.15) is 307 Å². The molecule has 6 nitrogen and oxygen atoms in total. The molecular weight excluding hydrogens is 1020 g/mol. The van der Waals surface area contributed by atoms with Gasteiger partial charge < -0.3 is 9.11 Å². The third kappa shape index (κ3) is 32.1. The van der Waals surface area contributed by atoms with Crippen molar-refractivity contribution in [3.05, 3.63) is 82.9 Å². The van der Waals surface area contributed by atoms with Crippen LogP contribution in [0.3, 0.4) is 0 Å². The van der Waals surface area contributed by atoms with Crippen LogP contribution in [0.5, 0.6) is 0 Å². The molecule has 0 heterocycles. The second-order valence-corrected chi connectivity index (χ2v) is 25.6. The van der Waals surface area contributed by atoms with Crippen LogP contribution >= 0.6 is 0 Å². The van der Waals surface area contributed by atoms with Gasteiger partial charge in [0.15, 0.2) is 0 Å². The van der Waals surface area contributed by atoms with E-state index in [2.05, 4.69) is 64.1 Å². The molecular formula is C68H110CaO6S2. The first-order chi connectivity index (χ1) is 36.9. The van der Waals surface area contributed by atoms with Crippen LogP contribution in [0.4, 0.5) is 0 Å². The van der Waals surface area contributed by atoms with Gasteiger partial charge >= 0.3 is 37.7 Å². The fourth-order valence-electron chi connectivity index (χ4n) is 11.3. The number of aryl methyl sites for hydroxylation is 4. The molecule has 0 radical (unpaired) electrons. The van der Waals surface area contributed by atoms with Gasteiger partial charge in [0.2, 0.25) is 0 Å². The Hall–Kier alpha value is -1.52. The fraction of sp³-hybridized carbons (Fsp3) is 0.706. The van der Waals surface area contributed by atoms with E-state index in [1.165, 1.54) is 229 Å². The normalized spacial score (nSPS) is 11.8. The Morgan fingerprint density at radius 3 is 0.701 bits per heavy atom. The Labute approximate surface area is 504 Å². The standard InChI is InChI=1S/2C34H56O3S.Ca/c2*1-3-5-7-9-11-13-15-17-19-21-24-30-26-23-27-33-31(28-32(29-34(30)33)38(35,36)37)25-22-20-18-16-14-12-10-8-6-4-2;/h2*23,26-29H,3-22,24-25H2,1-2H3,(H,35,36,37);/q;;+2/p-2.